The van der Waals surface area contributed by atoms with Crippen LogP contribution in [0.15, 0.2) is 59.4 Å². The number of hydrogen-bond donors (Lipinski definition) is 3. The van der Waals surface area contributed by atoms with Crippen LogP contribution in [0.2, 0.25) is 0 Å². The summed E-state index contributed by atoms with van der Waals surface area (Å²) < 4.78 is 49.1. The fourth-order valence-electron chi connectivity index (χ4n) is 4.67. The zero-order valence-electron chi connectivity index (χ0n) is 20.4. The highest BCUT2D eigenvalue weighted by Crippen LogP contribution is 2.43. The molecular weight excluding hydrogens is 511 g/mol. The number of aromatic nitrogens is 5. The molecule has 4 aromatic heterocycles. The smallest absolute Gasteiger partial charge is 0.237 e. The first kappa shape index (κ1) is 24.2. The van der Waals surface area contributed by atoms with Crippen molar-refractivity contribution in [3.63, 3.8) is 0 Å². The molecule has 194 valence electrons. The second-order valence-corrected chi connectivity index (χ2v) is 11.2. The van der Waals surface area contributed by atoms with Crippen LogP contribution in [0.1, 0.15) is 41.2 Å². The van der Waals surface area contributed by atoms with Gasteiger partial charge in [-0.15, -0.1) is 0 Å². The van der Waals surface area contributed by atoms with Crippen LogP contribution in [0.5, 0.6) is 0 Å². The van der Waals surface area contributed by atoms with Crippen LogP contribution >= 0.6 is 0 Å². The Labute approximate surface area is 217 Å². The molecule has 4 heterocycles. The minimum Gasteiger partial charge on any atom is -0.373 e. The van der Waals surface area contributed by atoms with Crippen LogP contribution in [0.25, 0.3) is 22.2 Å². The first-order valence-electron chi connectivity index (χ1n) is 11.9. The third kappa shape index (κ3) is 3.84. The summed E-state index contributed by atoms with van der Waals surface area (Å²) in [7, 11) is -3.70. The molecule has 0 unspecified atom stereocenters. The van der Waals surface area contributed by atoms with Gasteiger partial charge in [-0.1, -0.05) is 17.3 Å². The van der Waals surface area contributed by atoms with E-state index in [2.05, 4.69) is 29.8 Å². The summed E-state index contributed by atoms with van der Waals surface area (Å²) in [5.41, 5.74) is -0.529. The normalized spacial score (nSPS) is 14.2. The van der Waals surface area contributed by atoms with Crippen molar-refractivity contribution >= 4 is 27.0 Å². The van der Waals surface area contributed by atoms with Gasteiger partial charge < -0.3 is 14.6 Å². The SMILES string of the molecule is Cc1noc(C)c1-c1cc(C(O)(c2ccccn2)c2ccccn2)c2nc(NS(=O)(=O)C3CC3)[nH]c2c1F. The van der Waals surface area contributed by atoms with E-state index >= 15 is 4.39 Å². The van der Waals surface area contributed by atoms with Crippen molar-refractivity contribution in [1.82, 2.24) is 25.1 Å². The number of H-pyrrole nitrogens is 1. The lowest BCUT2D eigenvalue weighted by Gasteiger charge is -2.28. The Kier molecular flexibility index (Phi) is 5.54. The fraction of sp³-hybridized carbons (Fsp3) is 0.231. The Hall–Kier alpha value is -4.16. The van der Waals surface area contributed by atoms with Gasteiger partial charge in [-0.3, -0.25) is 14.7 Å². The average Bonchev–Trinajstić information content (AvgIpc) is 3.63. The number of rotatable bonds is 7. The fourth-order valence-corrected chi connectivity index (χ4v) is 5.96. The van der Waals surface area contributed by atoms with E-state index < -0.39 is 26.7 Å². The van der Waals surface area contributed by atoms with E-state index in [-0.39, 0.29) is 39.5 Å². The van der Waals surface area contributed by atoms with E-state index in [1.54, 1.807) is 50.2 Å². The van der Waals surface area contributed by atoms with Gasteiger partial charge >= 0.3 is 0 Å². The number of sulfonamides is 1. The molecule has 1 aliphatic rings. The maximum absolute atomic E-state index is 16.2. The summed E-state index contributed by atoms with van der Waals surface area (Å²) in [6.07, 6.45) is 4.15. The quantitative estimate of drug-likeness (QED) is 0.284. The molecule has 1 aromatic carbocycles. The first-order chi connectivity index (χ1) is 18.2. The number of aromatic amines is 1. The minimum absolute atomic E-state index is 0.0188. The van der Waals surface area contributed by atoms with Crippen molar-refractivity contribution < 1.29 is 22.4 Å². The first-order valence-corrected chi connectivity index (χ1v) is 13.5. The van der Waals surface area contributed by atoms with Crippen LogP contribution in [0.3, 0.4) is 0 Å². The number of nitrogens with one attached hydrogen (secondary N) is 2. The van der Waals surface area contributed by atoms with Crippen LogP contribution in [-0.2, 0) is 15.6 Å². The molecule has 0 spiro atoms. The van der Waals surface area contributed by atoms with Gasteiger partial charge in [0.2, 0.25) is 16.0 Å². The summed E-state index contributed by atoms with van der Waals surface area (Å²) in [5, 5.41) is 15.9. The van der Waals surface area contributed by atoms with Crippen molar-refractivity contribution in [3.05, 3.63) is 89.1 Å². The zero-order chi connectivity index (χ0) is 26.7. The second kappa shape index (κ2) is 8.71. The molecule has 38 heavy (non-hydrogen) atoms. The molecule has 0 amide bonds. The summed E-state index contributed by atoms with van der Waals surface area (Å²) in [5.74, 6) is -0.487. The van der Waals surface area contributed by atoms with Crippen molar-refractivity contribution in [2.45, 2.75) is 37.5 Å². The van der Waals surface area contributed by atoms with Crippen molar-refractivity contribution in [3.8, 4) is 11.1 Å². The molecular formula is C26H23FN6O4S. The maximum Gasteiger partial charge on any atom is 0.237 e. The third-order valence-electron chi connectivity index (χ3n) is 6.67. The van der Waals surface area contributed by atoms with Gasteiger partial charge in [0, 0.05) is 23.5 Å². The van der Waals surface area contributed by atoms with E-state index in [4.69, 9.17) is 4.52 Å². The molecule has 1 saturated carbocycles. The highest BCUT2D eigenvalue weighted by Gasteiger charge is 2.41. The van der Waals surface area contributed by atoms with Crippen LogP contribution < -0.4 is 4.72 Å². The molecule has 0 saturated heterocycles. The Morgan fingerprint density at radius 1 is 1.11 bits per heavy atom. The number of imidazole rings is 1. The minimum atomic E-state index is -3.70. The summed E-state index contributed by atoms with van der Waals surface area (Å²) in [6, 6.07) is 11.6. The van der Waals surface area contributed by atoms with Crippen LogP contribution in [0.4, 0.5) is 10.3 Å². The highest BCUT2D eigenvalue weighted by atomic mass is 32.2. The molecule has 6 rings (SSSR count). The van der Waals surface area contributed by atoms with Crippen LogP contribution in [0, 0.1) is 19.7 Å². The predicted octanol–water partition coefficient (Wildman–Crippen LogP) is 3.95. The van der Waals surface area contributed by atoms with Crippen molar-refractivity contribution in [1.29, 1.82) is 0 Å². The molecule has 0 radical (unpaired) electrons. The number of benzene rings is 1. The molecule has 3 N–H and O–H groups in total. The molecule has 5 aromatic rings. The van der Waals surface area contributed by atoms with Gasteiger partial charge in [0.05, 0.1) is 27.9 Å². The number of anilines is 1. The lowest BCUT2D eigenvalue weighted by Crippen LogP contribution is -2.31. The van der Waals surface area contributed by atoms with E-state index in [9.17, 15) is 13.5 Å². The van der Waals surface area contributed by atoms with Gasteiger partial charge in [-0.2, -0.15) is 0 Å². The number of pyridine rings is 2. The Bertz CT molecular complexity index is 1710. The molecule has 12 heteroatoms. The molecule has 10 nitrogen and oxygen atoms in total. The van der Waals surface area contributed by atoms with E-state index in [1.807, 2.05) is 0 Å². The van der Waals surface area contributed by atoms with Gasteiger partial charge in [-0.05, 0) is 57.0 Å². The molecule has 0 atom stereocenters. The lowest BCUT2D eigenvalue weighted by atomic mass is 9.83. The van der Waals surface area contributed by atoms with Gasteiger partial charge in [0.15, 0.2) is 11.4 Å². The summed E-state index contributed by atoms with van der Waals surface area (Å²) in [4.78, 5) is 16.0. The number of aliphatic hydroxyl groups is 1. The number of nitrogens with zero attached hydrogens (tertiary/aromatic N) is 4. The zero-order valence-corrected chi connectivity index (χ0v) is 21.3. The Morgan fingerprint density at radius 3 is 2.29 bits per heavy atom. The lowest BCUT2D eigenvalue weighted by molar-refractivity contribution is 0.117. The highest BCUT2D eigenvalue weighted by molar-refractivity contribution is 7.93. The second-order valence-electron chi connectivity index (χ2n) is 9.28. The van der Waals surface area contributed by atoms with E-state index in [0.29, 0.717) is 29.9 Å². The van der Waals surface area contributed by atoms with Gasteiger partial charge in [0.1, 0.15) is 16.8 Å². The standard InChI is InChI=1S/C26H23FN6O4S/c1-14-21(15(2)37-32-14)17-13-18(26(34,19-7-3-5-11-28-19)20-8-4-6-12-29-20)23-24(22(17)27)31-25(30-23)33-38(35,36)16-9-10-16/h3-8,11-13,16,34H,9-10H2,1-2H3,(H2,30,31,33). The predicted molar refractivity (Wildman–Crippen MR) is 137 cm³/mol. The largest absolute Gasteiger partial charge is 0.373 e. The monoisotopic (exact) mass is 534 g/mol. The number of hydrogen-bond acceptors (Lipinski definition) is 8. The van der Waals surface area contributed by atoms with Crippen molar-refractivity contribution in [2.24, 2.45) is 0 Å². The van der Waals surface area contributed by atoms with Crippen LogP contribution in [-0.4, -0.2) is 43.9 Å². The molecule has 0 aliphatic heterocycles. The maximum atomic E-state index is 16.2. The molecule has 0 bridgehead atoms. The van der Waals surface area contributed by atoms with E-state index in [0.717, 1.165) is 0 Å². The van der Waals surface area contributed by atoms with Gasteiger partial charge in [0.25, 0.3) is 0 Å². The molecule has 1 aliphatic carbocycles. The number of aryl methyl sites for hydroxylation is 2. The van der Waals surface area contributed by atoms with E-state index in [1.165, 1.54) is 18.5 Å². The Balaban J connectivity index is 1.69. The average molecular weight is 535 g/mol. The summed E-state index contributed by atoms with van der Waals surface area (Å²) >= 11 is 0. The number of halogens is 1. The Morgan fingerprint density at radius 2 is 1.76 bits per heavy atom. The topological polar surface area (TPSA) is 147 Å². The third-order valence-corrected chi connectivity index (χ3v) is 8.50. The number of fused-ring (bicyclic) bond motifs is 1. The van der Waals surface area contributed by atoms with Crippen molar-refractivity contribution in [2.75, 3.05) is 4.72 Å². The molecule has 1 fully saturated rings. The van der Waals surface area contributed by atoms with Gasteiger partial charge in [-0.25, -0.2) is 17.8 Å². The summed E-state index contributed by atoms with van der Waals surface area (Å²) in [6.45, 7) is 3.34.